The molecule has 17 heavy (non-hydrogen) atoms. The van der Waals surface area contributed by atoms with Crippen molar-refractivity contribution in [1.82, 2.24) is 0 Å². The van der Waals surface area contributed by atoms with Gasteiger partial charge in [0.15, 0.2) is 6.29 Å². The van der Waals surface area contributed by atoms with Crippen LogP contribution in [-0.4, -0.2) is 20.3 Å². The zero-order chi connectivity index (χ0) is 12.4. The molecule has 3 nitrogen and oxygen atoms in total. The smallest absolute Gasteiger partial charge is 0.183 e. The minimum atomic E-state index is -0.257. The summed E-state index contributed by atoms with van der Waals surface area (Å²) in [5.74, 6) is 1.33. The highest BCUT2D eigenvalue weighted by Gasteiger charge is 2.22. The monoisotopic (exact) mass is 300 g/mol. The van der Waals surface area contributed by atoms with Crippen molar-refractivity contribution in [3.05, 3.63) is 27.7 Å². The number of hydrogen-bond donors (Lipinski definition) is 0. The molecule has 1 heterocycles. The molecule has 1 aromatic rings. The first kappa shape index (κ1) is 12.9. The molecule has 0 bridgehead atoms. The maximum Gasteiger partial charge on any atom is 0.183 e. The van der Waals surface area contributed by atoms with Crippen molar-refractivity contribution in [2.45, 2.75) is 20.1 Å². The van der Waals surface area contributed by atoms with E-state index in [1.807, 2.05) is 19.1 Å². The van der Waals surface area contributed by atoms with Crippen molar-refractivity contribution >= 4 is 15.9 Å². The molecule has 1 aliphatic heterocycles. The highest BCUT2D eigenvalue weighted by Crippen LogP contribution is 2.34. The lowest BCUT2D eigenvalue weighted by Crippen LogP contribution is -2.25. The number of aryl methyl sites for hydroxylation is 1. The van der Waals surface area contributed by atoms with Gasteiger partial charge in [0.05, 0.1) is 24.8 Å². The van der Waals surface area contributed by atoms with Crippen LogP contribution in [0.3, 0.4) is 0 Å². The first-order valence-electron chi connectivity index (χ1n) is 5.69. The summed E-state index contributed by atoms with van der Waals surface area (Å²) in [7, 11) is 1.67. The summed E-state index contributed by atoms with van der Waals surface area (Å²) in [5.41, 5.74) is 2.10. The Morgan fingerprint density at radius 1 is 1.29 bits per heavy atom. The molecule has 0 unspecified atom stereocenters. The first-order chi connectivity index (χ1) is 8.11. The number of hydrogen-bond acceptors (Lipinski definition) is 3. The minimum absolute atomic E-state index is 0.257. The summed E-state index contributed by atoms with van der Waals surface area (Å²) in [5, 5.41) is 0. The predicted molar refractivity (Wildman–Crippen MR) is 69.2 cm³/mol. The zero-order valence-electron chi connectivity index (χ0n) is 10.3. The van der Waals surface area contributed by atoms with E-state index in [4.69, 9.17) is 14.2 Å². The second kappa shape index (κ2) is 5.38. The van der Waals surface area contributed by atoms with Gasteiger partial charge in [-0.25, -0.2) is 0 Å². The Bertz CT molecular complexity index is 375. The van der Waals surface area contributed by atoms with Crippen LogP contribution in [-0.2, 0) is 9.47 Å². The Hall–Kier alpha value is -0.580. The number of ether oxygens (including phenoxy) is 3. The van der Waals surface area contributed by atoms with Gasteiger partial charge < -0.3 is 14.2 Å². The summed E-state index contributed by atoms with van der Waals surface area (Å²) in [6.07, 6.45) is -0.257. The maximum atomic E-state index is 5.68. The average molecular weight is 301 g/mol. The maximum absolute atomic E-state index is 5.68. The van der Waals surface area contributed by atoms with Gasteiger partial charge in [-0.2, -0.15) is 0 Å². The van der Waals surface area contributed by atoms with E-state index in [2.05, 4.69) is 22.9 Å². The van der Waals surface area contributed by atoms with Crippen LogP contribution >= 0.6 is 15.9 Å². The Morgan fingerprint density at radius 3 is 2.47 bits per heavy atom. The fourth-order valence-electron chi connectivity index (χ4n) is 1.94. The van der Waals surface area contributed by atoms with Gasteiger partial charge in [0.1, 0.15) is 5.75 Å². The van der Waals surface area contributed by atoms with Crippen LogP contribution in [0.25, 0.3) is 0 Å². The van der Waals surface area contributed by atoms with Crippen LogP contribution < -0.4 is 4.74 Å². The first-order valence-corrected chi connectivity index (χ1v) is 6.48. The fraction of sp³-hybridized carbons (Fsp3) is 0.538. The third kappa shape index (κ3) is 2.81. The van der Waals surface area contributed by atoms with E-state index in [1.54, 1.807) is 7.11 Å². The second-order valence-corrected chi connectivity index (χ2v) is 5.31. The molecule has 0 radical (unpaired) electrons. The summed E-state index contributed by atoms with van der Waals surface area (Å²) >= 11 is 3.50. The van der Waals surface area contributed by atoms with E-state index in [0.717, 1.165) is 34.6 Å². The lowest BCUT2D eigenvalue weighted by atomic mass is 10.1. The molecule has 2 rings (SSSR count). The van der Waals surface area contributed by atoms with E-state index >= 15 is 0 Å². The number of benzene rings is 1. The lowest BCUT2D eigenvalue weighted by molar-refractivity contribution is -0.202. The Labute approximate surface area is 110 Å². The van der Waals surface area contributed by atoms with Crippen LogP contribution in [0.5, 0.6) is 5.75 Å². The molecule has 1 aromatic carbocycles. The van der Waals surface area contributed by atoms with Gasteiger partial charge in [0.2, 0.25) is 0 Å². The van der Waals surface area contributed by atoms with Crippen molar-refractivity contribution in [3.63, 3.8) is 0 Å². The predicted octanol–water partition coefficient (Wildman–Crippen LogP) is 3.45. The van der Waals surface area contributed by atoms with Crippen LogP contribution in [0, 0.1) is 12.8 Å². The lowest BCUT2D eigenvalue weighted by Gasteiger charge is -2.28. The molecule has 1 fully saturated rings. The van der Waals surface area contributed by atoms with Crippen molar-refractivity contribution in [2.24, 2.45) is 5.92 Å². The molecule has 0 amide bonds. The Balaban J connectivity index is 2.22. The summed E-state index contributed by atoms with van der Waals surface area (Å²) < 4.78 is 17.6. The van der Waals surface area contributed by atoms with E-state index in [1.165, 1.54) is 0 Å². The van der Waals surface area contributed by atoms with Crippen LogP contribution in [0.1, 0.15) is 24.3 Å². The zero-order valence-corrected chi connectivity index (χ0v) is 11.9. The van der Waals surface area contributed by atoms with Gasteiger partial charge in [-0.15, -0.1) is 0 Å². The molecule has 0 spiro atoms. The van der Waals surface area contributed by atoms with Crippen molar-refractivity contribution in [2.75, 3.05) is 20.3 Å². The molecule has 94 valence electrons. The number of rotatable bonds is 2. The van der Waals surface area contributed by atoms with E-state index < -0.39 is 0 Å². The largest absolute Gasteiger partial charge is 0.495 e. The van der Waals surface area contributed by atoms with Crippen molar-refractivity contribution in [1.29, 1.82) is 0 Å². The molecular weight excluding hydrogens is 284 g/mol. The van der Waals surface area contributed by atoms with E-state index in [0.29, 0.717) is 5.92 Å². The SMILES string of the molecule is COc1c(C)cc(C2OCC(C)CO2)cc1Br. The quantitative estimate of drug-likeness (QED) is 0.837. The highest BCUT2D eigenvalue weighted by atomic mass is 79.9. The van der Waals surface area contributed by atoms with Gasteiger partial charge >= 0.3 is 0 Å². The molecule has 0 aliphatic carbocycles. The van der Waals surface area contributed by atoms with Crippen LogP contribution in [0.15, 0.2) is 16.6 Å². The average Bonchev–Trinajstić information content (AvgIpc) is 2.29. The fourth-order valence-corrected chi connectivity index (χ4v) is 2.68. The van der Waals surface area contributed by atoms with Crippen LogP contribution in [0.4, 0.5) is 0 Å². The second-order valence-electron chi connectivity index (χ2n) is 4.46. The van der Waals surface area contributed by atoms with E-state index in [9.17, 15) is 0 Å². The molecule has 0 N–H and O–H groups in total. The summed E-state index contributed by atoms with van der Waals surface area (Å²) in [6, 6.07) is 4.04. The van der Waals surface area contributed by atoms with Gasteiger partial charge in [-0.1, -0.05) is 6.92 Å². The Kier molecular flexibility index (Phi) is 4.07. The molecule has 0 atom stereocenters. The molecule has 0 aromatic heterocycles. The van der Waals surface area contributed by atoms with Gasteiger partial charge in [-0.3, -0.25) is 0 Å². The third-order valence-electron chi connectivity index (χ3n) is 2.79. The van der Waals surface area contributed by atoms with Gasteiger partial charge in [-0.05, 0) is 40.5 Å². The van der Waals surface area contributed by atoms with Gasteiger partial charge in [0.25, 0.3) is 0 Å². The molecule has 1 aliphatic rings. The summed E-state index contributed by atoms with van der Waals surface area (Å²) in [4.78, 5) is 0. The topological polar surface area (TPSA) is 27.7 Å². The third-order valence-corrected chi connectivity index (χ3v) is 3.38. The van der Waals surface area contributed by atoms with Gasteiger partial charge in [0, 0.05) is 11.5 Å². The standard InChI is InChI=1S/C13H17BrO3/c1-8-6-16-13(17-7-8)10-4-9(2)12(15-3)11(14)5-10/h4-5,8,13H,6-7H2,1-3H3. The summed E-state index contributed by atoms with van der Waals surface area (Å²) in [6.45, 7) is 5.62. The molecule has 0 saturated carbocycles. The van der Waals surface area contributed by atoms with Crippen molar-refractivity contribution in [3.8, 4) is 5.75 Å². The van der Waals surface area contributed by atoms with Crippen LogP contribution in [0.2, 0.25) is 0 Å². The normalized spacial score (nSPS) is 24.7. The number of halogens is 1. The van der Waals surface area contributed by atoms with Crippen molar-refractivity contribution < 1.29 is 14.2 Å². The highest BCUT2D eigenvalue weighted by molar-refractivity contribution is 9.10. The molecule has 1 saturated heterocycles. The molecular formula is C13H17BrO3. The Morgan fingerprint density at radius 2 is 1.94 bits per heavy atom. The minimum Gasteiger partial charge on any atom is -0.495 e. The number of methoxy groups -OCH3 is 1. The molecule has 4 heteroatoms. The van der Waals surface area contributed by atoms with E-state index in [-0.39, 0.29) is 6.29 Å².